The highest BCUT2D eigenvalue weighted by Crippen LogP contribution is 2.19. The number of nitrogens with zero attached hydrogens (tertiary/aromatic N) is 5. The maximum atomic E-state index is 12.4. The number of piperidine rings is 1. The first-order valence-corrected chi connectivity index (χ1v) is 6.85. The van der Waals surface area contributed by atoms with E-state index in [1.807, 2.05) is 23.0 Å². The average Bonchev–Trinajstić information content (AvgIpc) is 2.99. The quantitative estimate of drug-likeness (QED) is 0.821. The van der Waals surface area contributed by atoms with E-state index in [0.717, 1.165) is 44.7 Å². The fourth-order valence-corrected chi connectivity index (χ4v) is 2.87. The van der Waals surface area contributed by atoms with E-state index in [1.54, 1.807) is 4.68 Å². The molecule has 0 spiro atoms. The fraction of sp³-hybridized carbons (Fsp3) is 0.750. The van der Waals surface area contributed by atoms with Gasteiger partial charge in [-0.2, -0.15) is 0 Å². The molecular formula is C12H20N6O. The van der Waals surface area contributed by atoms with Crippen molar-refractivity contribution in [3.8, 4) is 0 Å². The molecule has 19 heavy (non-hydrogen) atoms. The number of aromatic nitrogens is 3. The Labute approximate surface area is 112 Å². The molecule has 2 fully saturated rings. The Balaban J connectivity index is 1.61. The molecule has 7 nitrogen and oxygen atoms in total. The van der Waals surface area contributed by atoms with Gasteiger partial charge in [-0.15, -0.1) is 5.10 Å². The summed E-state index contributed by atoms with van der Waals surface area (Å²) in [5.74, 6) is 0. The highest BCUT2D eigenvalue weighted by Gasteiger charge is 2.34. The molecular weight excluding hydrogens is 244 g/mol. The number of nitrogens with one attached hydrogen (secondary N) is 1. The molecule has 0 unspecified atom stereocenters. The van der Waals surface area contributed by atoms with Gasteiger partial charge in [-0.3, -0.25) is 4.68 Å². The standard InChI is InChI=1S/C12H20N6O/c1-16-8-10(14-15-16)9-17-6-7-18(12(17)19)11-2-4-13-5-3-11/h8,11,13H,2-7,9H2,1H3. The van der Waals surface area contributed by atoms with Gasteiger partial charge >= 0.3 is 6.03 Å². The van der Waals surface area contributed by atoms with Crippen LogP contribution < -0.4 is 5.32 Å². The topological polar surface area (TPSA) is 66.3 Å². The lowest BCUT2D eigenvalue weighted by molar-refractivity contribution is 0.164. The van der Waals surface area contributed by atoms with E-state index in [2.05, 4.69) is 15.6 Å². The molecule has 2 amide bonds. The summed E-state index contributed by atoms with van der Waals surface area (Å²) in [6.45, 7) is 4.22. The number of carbonyl (C=O) groups is 1. The highest BCUT2D eigenvalue weighted by molar-refractivity contribution is 5.76. The second kappa shape index (κ2) is 5.16. The number of rotatable bonds is 3. The van der Waals surface area contributed by atoms with Gasteiger partial charge in [0, 0.05) is 32.4 Å². The van der Waals surface area contributed by atoms with E-state index in [4.69, 9.17) is 0 Å². The number of urea groups is 1. The SMILES string of the molecule is Cn1cc(CN2CCN(C3CCNCC3)C2=O)nn1. The Morgan fingerprint density at radius 3 is 2.84 bits per heavy atom. The third-order valence-electron chi connectivity index (χ3n) is 3.88. The summed E-state index contributed by atoms with van der Waals surface area (Å²) in [5, 5.41) is 11.3. The van der Waals surface area contributed by atoms with Crippen molar-refractivity contribution in [2.45, 2.75) is 25.4 Å². The second-order valence-electron chi connectivity index (χ2n) is 5.26. The van der Waals surface area contributed by atoms with Crippen LogP contribution in [0.3, 0.4) is 0 Å². The first-order chi connectivity index (χ1) is 9.24. The molecule has 7 heteroatoms. The van der Waals surface area contributed by atoms with E-state index in [0.29, 0.717) is 12.6 Å². The minimum absolute atomic E-state index is 0.151. The first-order valence-electron chi connectivity index (χ1n) is 6.85. The average molecular weight is 264 g/mol. The van der Waals surface area contributed by atoms with Gasteiger partial charge in [0.25, 0.3) is 0 Å². The fourth-order valence-electron chi connectivity index (χ4n) is 2.87. The van der Waals surface area contributed by atoms with Crippen molar-refractivity contribution in [1.82, 2.24) is 30.1 Å². The predicted molar refractivity (Wildman–Crippen MR) is 69.4 cm³/mol. The van der Waals surface area contributed by atoms with Crippen LogP contribution in [0.2, 0.25) is 0 Å². The summed E-state index contributed by atoms with van der Waals surface area (Å²) in [7, 11) is 1.84. The minimum atomic E-state index is 0.151. The normalized spacial score (nSPS) is 21.4. The van der Waals surface area contributed by atoms with Crippen LogP contribution in [0.4, 0.5) is 4.79 Å². The number of hydrogen-bond acceptors (Lipinski definition) is 4. The molecule has 3 heterocycles. The third kappa shape index (κ3) is 2.56. The van der Waals surface area contributed by atoms with Gasteiger partial charge in [-0.05, 0) is 25.9 Å². The van der Waals surface area contributed by atoms with Gasteiger partial charge in [0.2, 0.25) is 0 Å². The zero-order valence-electron chi connectivity index (χ0n) is 11.2. The number of amides is 2. The van der Waals surface area contributed by atoms with Crippen molar-refractivity contribution in [1.29, 1.82) is 0 Å². The molecule has 0 aromatic carbocycles. The van der Waals surface area contributed by atoms with Gasteiger partial charge < -0.3 is 15.1 Å². The summed E-state index contributed by atoms with van der Waals surface area (Å²) in [4.78, 5) is 16.3. The molecule has 1 aromatic rings. The smallest absolute Gasteiger partial charge is 0.320 e. The Bertz CT molecular complexity index is 453. The molecule has 104 valence electrons. The van der Waals surface area contributed by atoms with Crippen molar-refractivity contribution in [2.75, 3.05) is 26.2 Å². The summed E-state index contributed by atoms with van der Waals surface area (Å²) in [6, 6.07) is 0.554. The summed E-state index contributed by atoms with van der Waals surface area (Å²) >= 11 is 0. The molecule has 0 saturated carbocycles. The van der Waals surface area contributed by atoms with Crippen molar-refractivity contribution in [3.63, 3.8) is 0 Å². The molecule has 2 aliphatic heterocycles. The summed E-state index contributed by atoms with van der Waals surface area (Å²) in [6.07, 6.45) is 3.98. The summed E-state index contributed by atoms with van der Waals surface area (Å²) < 4.78 is 1.67. The molecule has 0 radical (unpaired) electrons. The Hall–Kier alpha value is -1.63. The van der Waals surface area contributed by atoms with Crippen LogP contribution in [0.15, 0.2) is 6.20 Å². The highest BCUT2D eigenvalue weighted by atomic mass is 16.2. The molecule has 3 rings (SSSR count). The molecule has 1 N–H and O–H groups in total. The largest absolute Gasteiger partial charge is 0.320 e. The van der Waals surface area contributed by atoms with Crippen LogP contribution >= 0.6 is 0 Å². The zero-order chi connectivity index (χ0) is 13.2. The van der Waals surface area contributed by atoms with E-state index in [1.165, 1.54) is 0 Å². The molecule has 2 aliphatic rings. The number of hydrogen-bond donors (Lipinski definition) is 1. The predicted octanol–water partition coefficient (Wildman–Crippen LogP) is -0.195. The lowest BCUT2D eigenvalue weighted by Gasteiger charge is -2.31. The third-order valence-corrected chi connectivity index (χ3v) is 3.88. The molecule has 0 bridgehead atoms. The number of carbonyl (C=O) groups excluding carboxylic acids is 1. The van der Waals surface area contributed by atoms with E-state index in [-0.39, 0.29) is 6.03 Å². The van der Waals surface area contributed by atoms with E-state index < -0.39 is 0 Å². The van der Waals surface area contributed by atoms with E-state index in [9.17, 15) is 4.79 Å². The maximum Gasteiger partial charge on any atom is 0.320 e. The first kappa shape index (κ1) is 12.4. The summed E-state index contributed by atoms with van der Waals surface area (Å²) in [5.41, 5.74) is 0.850. The van der Waals surface area contributed by atoms with Crippen LogP contribution in [0.25, 0.3) is 0 Å². The van der Waals surface area contributed by atoms with Crippen LogP contribution in [0, 0.1) is 0 Å². The van der Waals surface area contributed by atoms with Gasteiger partial charge in [0.05, 0.1) is 6.54 Å². The van der Waals surface area contributed by atoms with Crippen molar-refractivity contribution >= 4 is 6.03 Å². The molecule has 0 atom stereocenters. The van der Waals surface area contributed by atoms with Crippen molar-refractivity contribution in [2.24, 2.45) is 7.05 Å². The van der Waals surface area contributed by atoms with E-state index >= 15 is 0 Å². The van der Waals surface area contributed by atoms with Gasteiger partial charge in [-0.1, -0.05) is 5.21 Å². The van der Waals surface area contributed by atoms with Gasteiger partial charge in [0.1, 0.15) is 5.69 Å². The number of aryl methyl sites for hydroxylation is 1. The van der Waals surface area contributed by atoms with Crippen LogP contribution in [0.5, 0.6) is 0 Å². The van der Waals surface area contributed by atoms with Crippen LogP contribution in [0.1, 0.15) is 18.5 Å². The molecule has 2 saturated heterocycles. The van der Waals surface area contributed by atoms with Gasteiger partial charge in [-0.25, -0.2) is 4.79 Å². The van der Waals surface area contributed by atoms with Crippen molar-refractivity contribution < 1.29 is 4.79 Å². The van der Waals surface area contributed by atoms with Crippen LogP contribution in [-0.2, 0) is 13.6 Å². The lowest BCUT2D eigenvalue weighted by atomic mass is 10.1. The Kier molecular flexibility index (Phi) is 3.37. The van der Waals surface area contributed by atoms with Gasteiger partial charge in [0.15, 0.2) is 0 Å². The molecule has 0 aliphatic carbocycles. The Morgan fingerprint density at radius 2 is 2.16 bits per heavy atom. The maximum absolute atomic E-state index is 12.4. The van der Waals surface area contributed by atoms with Crippen molar-refractivity contribution in [3.05, 3.63) is 11.9 Å². The minimum Gasteiger partial charge on any atom is -0.320 e. The van der Waals surface area contributed by atoms with Crippen LogP contribution in [-0.4, -0.2) is 63.0 Å². The molecule has 1 aromatic heterocycles. The zero-order valence-corrected chi connectivity index (χ0v) is 11.2. The second-order valence-corrected chi connectivity index (χ2v) is 5.26. The Morgan fingerprint density at radius 1 is 1.37 bits per heavy atom. The lowest BCUT2D eigenvalue weighted by Crippen LogP contribution is -2.45. The monoisotopic (exact) mass is 264 g/mol.